The fraction of sp³-hybridized carbons (Fsp3) is 0.412. The number of carbonyl (C=O) groups excluding carboxylic acids is 1. The number of benzene rings is 1. The van der Waals surface area contributed by atoms with E-state index in [1.54, 1.807) is 18.7 Å². The third kappa shape index (κ3) is 3.95. The maximum Gasteiger partial charge on any atom is 0.228 e. The summed E-state index contributed by atoms with van der Waals surface area (Å²) < 4.78 is 1.65. The van der Waals surface area contributed by atoms with Crippen molar-refractivity contribution in [1.29, 1.82) is 0 Å². The van der Waals surface area contributed by atoms with Gasteiger partial charge in [-0.1, -0.05) is 43.7 Å². The van der Waals surface area contributed by atoms with E-state index in [2.05, 4.69) is 17.3 Å². The van der Waals surface area contributed by atoms with Crippen LogP contribution in [0, 0.1) is 0 Å². The molecule has 0 saturated carbocycles. The first-order valence-corrected chi connectivity index (χ1v) is 7.53. The van der Waals surface area contributed by atoms with Gasteiger partial charge in [0.1, 0.15) is 5.82 Å². The SMILES string of the molecule is CCCc1cc(NC(=O)CC(C)(O)c2ccccc2)n(C)n1. The highest BCUT2D eigenvalue weighted by Crippen LogP contribution is 2.24. The molecule has 0 spiro atoms. The van der Waals surface area contributed by atoms with Gasteiger partial charge in [0.25, 0.3) is 0 Å². The second kappa shape index (κ2) is 6.75. The Morgan fingerprint density at radius 1 is 1.36 bits per heavy atom. The van der Waals surface area contributed by atoms with Crippen LogP contribution in [0.25, 0.3) is 0 Å². The van der Waals surface area contributed by atoms with Crippen molar-refractivity contribution in [3.63, 3.8) is 0 Å². The summed E-state index contributed by atoms with van der Waals surface area (Å²) in [4.78, 5) is 12.2. The van der Waals surface area contributed by atoms with Crippen LogP contribution in [0.2, 0.25) is 0 Å². The van der Waals surface area contributed by atoms with Gasteiger partial charge in [-0.05, 0) is 18.9 Å². The number of nitrogens with zero attached hydrogens (tertiary/aromatic N) is 2. The second-order valence-corrected chi connectivity index (χ2v) is 5.76. The lowest BCUT2D eigenvalue weighted by Crippen LogP contribution is -2.28. The molecule has 0 aliphatic heterocycles. The molecule has 1 unspecified atom stereocenters. The number of hydrogen-bond donors (Lipinski definition) is 2. The Bertz CT molecular complexity index is 633. The molecular formula is C17H23N3O2. The largest absolute Gasteiger partial charge is 0.385 e. The Balaban J connectivity index is 2.04. The first-order valence-electron chi connectivity index (χ1n) is 7.53. The fourth-order valence-electron chi connectivity index (χ4n) is 2.42. The Morgan fingerprint density at radius 2 is 2.05 bits per heavy atom. The van der Waals surface area contributed by atoms with E-state index in [0.29, 0.717) is 5.82 Å². The van der Waals surface area contributed by atoms with Crippen molar-refractivity contribution in [3.8, 4) is 0 Å². The highest BCUT2D eigenvalue weighted by Gasteiger charge is 2.26. The van der Waals surface area contributed by atoms with Gasteiger partial charge in [0.05, 0.1) is 17.7 Å². The topological polar surface area (TPSA) is 67.2 Å². The van der Waals surface area contributed by atoms with Gasteiger partial charge in [-0.2, -0.15) is 5.10 Å². The van der Waals surface area contributed by atoms with Gasteiger partial charge in [0, 0.05) is 13.1 Å². The van der Waals surface area contributed by atoms with E-state index < -0.39 is 5.60 Å². The number of rotatable bonds is 6. The summed E-state index contributed by atoms with van der Waals surface area (Å²) >= 11 is 0. The van der Waals surface area contributed by atoms with Crippen molar-refractivity contribution in [1.82, 2.24) is 9.78 Å². The van der Waals surface area contributed by atoms with Gasteiger partial charge in [-0.15, -0.1) is 0 Å². The van der Waals surface area contributed by atoms with Crippen molar-refractivity contribution in [2.45, 2.75) is 38.7 Å². The van der Waals surface area contributed by atoms with Crippen LogP contribution >= 0.6 is 0 Å². The first-order chi connectivity index (χ1) is 10.4. The van der Waals surface area contributed by atoms with Crippen LogP contribution < -0.4 is 5.32 Å². The molecule has 1 aromatic heterocycles. The average molecular weight is 301 g/mol. The molecule has 2 rings (SSSR count). The molecule has 5 heteroatoms. The minimum absolute atomic E-state index is 0.00863. The predicted octanol–water partition coefficient (Wildman–Crippen LogP) is 2.61. The van der Waals surface area contributed by atoms with Crippen LogP contribution in [0.5, 0.6) is 0 Å². The highest BCUT2D eigenvalue weighted by atomic mass is 16.3. The van der Waals surface area contributed by atoms with Gasteiger partial charge >= 0.3 is 0 Å². The second-order valence-electron chi connectivity index (χ2n) is 5.76. The van der Waals surface area contributed by atoms with Gasteiger partial charge in [0.2, 0.25) is 5.91 Å². The summed E-state index contributed by atoms with van der Waals surface area (Å²) in [6.45, 7) is 3.73. The molecule has 1 amide bonds. The molecule has 1 atom stereocenters. The number of aliphatic hydroxyl groups is 1. The van der Waals surface area contributed by atoms with Crippen molar-refractivity contribution < 1.29 is 9.90 Å². The van der Waals surface area contributed by atoms with E-state index in [1.807, 2.05) is 36.4 Å². The summed E-state index contributed by atoms with van der Waals surface area (Å²) in [5.41, 5.74) is 0.479. The predicted molar refractivity (Wildman–Crippen MR) is 86.5 cm³/mol. The van der Waals surface area contributed by atoms with Crippen LogP contribution in [0.1, 0.15) is 37.9 Å². The monoisotopic (exact) mass is 301 g/mol. The van der Waals surface area contributed by atoms with Gasteiger partial charge in [-0.3, -0.25) is 9.48 Å². The molecule has 0 aliphatic rings. The molecule has 2 N–H and O–H groups in total. The standard InChI is InChI=1S/C17H23N3O2/c1-4-8-14-11-15(20(3)19-14)18-16(21)12-17(2,22)13-9-6-5-7-10-13/h5-7,9-11,22H,4,8,12H2,1-3H3,(H,18,21). The Morgan fingerprint density at radius 3 is 2.68 bits per heavy atom. The zero-order valence-corrected chi connectivity index (χ0v) is 13.3. The number of aromatic nitrogens is 2. The molecule has 22 heavy (non-hydrogen) atoms. The number of carbonyl (C=O) groups is 1. The first kappa shape index (κ1) is 16.2. The smallest absolute Gasteiger partial charge is 0.228 e. The number of hydrogen-bond acceptors (Lipinski definition) is 3. The minimum Gasteiger partial charge on any atom is -0.385 e. The number of aryl methyl sites for hydroxylation is 2. The molecule has 5 nitrogen and oxygen atoms in total. The van der Waals surface area contributed by atoms with Gasteiger partial charge in [0.15, 0.2) is 0 Å². The van der Waals surface area contributed by atoms with Crippen molar-refractivity contribution in [2.75, 3.05) is 5.32 Å². The molecule has 0 fully saturated rings. The van der Waals surface area contributed by atoms with Crippen LogP contribution in [-0.4, -0.2) is 20.8 Å². The third-order valence-corrected chi connectivity index (χ3v) is 3.60. The van der Waals surface area contributed by atoms with E-state index in [9.17, 15) is 9.90 Å². The lowest BCUT2D eigenvalue weighted by Gasteiger charge is -2.23. The number of anilines is 1. The lowest BCUT2D eigenvalue weighted by molar-refractivity contribution is -0.120. The Labute approximate surface area is 131 Å². The van der Waals surface area contributed by atoms with Crippen LogP contribution in [0.3, 0.4) is 0 Å². The summed E-state index contributed by atoms with van der Waals surface area (Å²) in [7, 11) is 1.80. The molecule has 1 aromatic carbocycles. The zero-order valence-electron chi connectivity index (χ0n) is 13.3. The number of amides is 1. The van der Waals surface area contributed by atoms with Crippen molar-refractivity contribution in [3.05, 3.63) is 47.7 Å². The molecule has 2 aromatic rings. The summed E-state index contributed by atoms with van der Waals surface area (Å²) in [6.07, 6.45) is 1.88. The maximum atomic E-state index is 12.2. The summed E-state index contributed by atoms with van der Waals surface area (Å²) in [5.74, 6) is 0.414. The van der Waals surface area contributed by atoms with E-state index in [1.165, 1.54) is 0 Å². The lowest BCUT2D eigenvalue weighted by atomic mass is 9.92. The van der Waals surface area contributed by atoms with E-state index in [0.717, 1.165) is 24.1 Å². The molecule has 0 radical (unpaired) electrons. The van der Waals surface area contributed by atoms with Crippen LogP contribution in [0.15, 0.2) is 36.4 Å². The van der Waals surface area contributed by atoms with Crippen LogP contribution in [0.4, 0.5) is 5.82 Å². The Kier molecular flexibility index (Phi) is 4.98. The maximum absolute atomic E-state index is 12.2. The molecule has 1 heterocycles. The van der Waals surface area contributed by atoms with Gasteiger partial charge in [-0.25, -0.2) is 0 Å². The molecular weight excluding hydrogens is 278 g/mol. The quantitative estimate of drug-likeness (QED) is 0.862. The minimum atomic E-state index is -1.20. The number of nitrogens with one attached hydrogen (secondary N) is 1. The van der Waals surface area contributed by atoms with E-state index in [-0.39, 0.29) is 12.3 Å². The average Bonchev–Trinajstić information content (AvgIpc) is 2.79. The van der Waals surface area contributed by atoms with Crippen LogP contribution in [-0.2, 0) is 23.9 Å². The van der Waals surface area contributed by atoms with E-state index in [4.69, 9.17) is 0 Å². The van der Waals surface area contributed by atoms with Gasteiger partial charge < -0.3 is 10.4 Å². The molecule has 0 bridgehead atoms. The van der Waals surface area contributed by atoms with E-state index >= 15 is 0 Å². The third-order valence-electron chi connectivity index (χ3n) is 3.60. The molecule has 0 aliphatic carbocycles. The van der Waals surface area contributed by atoms with Crippen molar-refractivity contribution >= 4 is 11.7 Å². The zero-order chi connectivity index (χ0) is 16.2. The molecule has 0 saturated heterocycles. The Hall–Kier alpha value is -2.14. The van der Waals surface area contributed by atoms with Crippen molar-refractivity contribution in [2.24, 2.45) is 7.05 Å². The fourth-order valence-corrected chi connectivity index (χ4v) is 2.42. The summed E-state index contributed by atoms with van der Waals surface area (Å²) in [5, 5.41) is 17.7. The molecule has 118 valence electrons. The summed E-state index contributed by atoms with van der Waals surface area (Å²) in [6, 6.07) is 11.1. The normalized spacial score (nSPS) is 13.6. The highest BCUT2D eigenvalue weighted by molar-refractivity contribution is 5.90.